The third kappa shape index (κ3) is 2.42. The molecule has 2 aromatic rings. The van der Waals surface area contributed by atoms with Crippen LogP contribution < -0.4 is 4.74 Å². The van der Waals surface area contributed by atoms with Crippen molar-refractivity contribution in [1.82, 2.24) is 0 Å². The Morgan fingerprint density at radius 3 is 2.53 bits per heavy atom. The largest absolute Gasteiger partial charge is 0.496 e. The fourth-order valence-electron chi connectivity index (χ4n) is 1.95. The Labute approximate surface area is 110 Å². The zero-order valence-electron chi connectivity index (χ0n) is 10.6. The number of hydrogen-bond acceptors (Lipinski definition) is 2. The molecule has 0 spiro atoms. The number of aromatic carboxylic acids is 1. The average molecular weight is 260 g/mol. The van der Waals surface area contributed by atoms with Gasteiger partial charge in [-0.2, -0.15) is 0 Å². The molecule has 0 saturated carbocycles. The second-order valence-electron chi connectivity index (χ2n) is 4.14. The van der Waals surface area contributed by atoms with E-state index in [9.17, 15) is 9.18 Å². The Morgan fingerprint density at radius 1 is 1.21 bits per heavy atom. The Morgan fingerprint density at radius 2 is 1.89 bits per heavy atom. The molecule has 0 unspecified atom stereocenters. The van der Waals surface area contributed by atoms with Crippen LogP contribution in [0.2, 0.25) is 0 Å². The smallest absolute Gasteiger partial charge is 0.335 e. The molecule has 3 nitrogen and oxygen atoms in total. The molecule has 19 heavy (non-hydrogen) atoms. The summed E-state index contributed by atoms with van der Waals surface area (Å²) in [6.07, 6.45) is 0. The van der Waals surface area contributed by atoms with Gasteiger partial charge in [-0.15, -0.1) is 0 Å². The Kier molecular flexibility index (Phi) is 3.51. The number of carbonyl (C=O) groups is 1. The predicted molar refractivity (Wildman–Crippen MR) is 70.1 cm³/mol. The summed E-state index contributed by atoms with van der Waals surface area (Å²) in [6, 6.07) is 9.60. The quantitative estimate of drug-likeness (QED) is 0.918. The van der Waals surface area contributed by atoms with Gasteiger partial charge in [0.05, 0.1) is 12.7 Å². The molecule has 2 rings (SSSR count). The molecule has 0 radical (unpaired) electrons. The lowest BCUT2D eigenvalue weighted by Crippen LogP contribution is -2.00. The van der Waals surface area contributed by atoms with E-state index in [1.54, 1.807) is 31.2 Å². The number of hydrogen-bond donors (Lipinski definition) is 1. The van der Waals surface area contributed by atoms with Crippen LogP contribution in [-0.4, -0.2) is 18.2 Å². The van der Waals surface area contributed by atoms with Crippen LogP contribution in [-0.2, 0) is 0 Å². The standard InChI is InChI=1S/C15H13FO3/c1-9-12(7-10(15(17)18)8-13(9)16)11-5-3-4-6-14(11)19-2/h3-8H,1-2H3,(H,17,18). The zero-order valence-corrected chi connectivity index (χ0v) is 10.6. The lowest BCUT2D eigenvalue weighted by atomic mass is 9.97. The molecule has 98 valence electrons. The lowest BCUT2D eigenvalue weighted by Gasteiger charge is -2.12. The molecule has 2 aromatic carbocycles. The Hall–Kier alpha value is -2.36. The number of rotatable bonds is 3. The van der Waals surface area contributed by atoms with Crippen LogP contribution in [0.3, 0.4) is 0 Å². The normalized spacial score (nSPS) is 10.3. The highest BCUT2D eigenvalue weighted by Crippen LogP contribution is 2.33. The van der Waals surface area contributed by atoms with Crippen LogP contribution in [0.15, 0.2) is 36.4 Å². The third-order valence-corrected chi connectivity index (χ3v) is 2.99. The van der Waals surface area contributed by atoms with Crippen molar-refractivity contribution in [2.24, 2.45) is 0 Å². The third-order valence-electron chi connectivity index (χ3n) is 2.99. The second-order valence-corrected chi connectivity index (χ2v) is 4.14. The Balaban J connectivity index is 2.70. The molecular formula is C15H13FO3. The monoisotopic (exact) mass is 260 g/mol. The number of benzene rings is 2. The summed E-state index contributed by atoms with van der Waals surface area (Å²) in [5.41, 5.74) is 1.51. The molecule has 0 saturated heterocycles. The number of carboxylic acid groups (broad SMARTS) is 1. The van der Waals surface area contributed by atoms with Crippen LogP contribution in [0.1, 0.15) is 15.9 Å². The van der Waals surface area contributed by atoms with E-state index in [2.05, 4.69) is 0 Å². The summed E-state index contributed by atoms with van der Waals surface area (Å²) >= 11 is 0. The van der Waals surface area contributed by atoms with E-state index >= 15 is 0 Å². The van der Waals surface area contributed by atoms with Crippen LogP contribution in [0, 0.1) is 12.7 Å². The lowest BCUT2D eigenvalue weighted by molar-refractivity contribution is 0.0696. The Bertz CT molecular complexity index is 635. The van der Waals surface area contributed by atoms with Gasteiger partial charge in [-0.1, -0.05) is 18.2 Å². The molecule has 0 atom stereocenters. The minimum atomic E-state index is -1.16. The van der Waals surface area contributed by atoms with Crippen LogP contribution in [0.4, 0.5) is 4.39 Å². The fourth-order valence-corrected chi connectivity index (χ4v) is 1.95. The number of carboxylic acids is 1. The first-order chi connectivity index (χ1) is 9.04. The van der Waals surface area contributed by atoms with Crippen molar-refractivity contribution in [2.75, 3.05) is 7.11 Å². The van der Waals surface area contributed by atoms with Gasteiger partial charge in [0.15, 0.2) is 0 Å². The number of ether oxygens (including phenoxy) is 1. The van der Waals surface area contributed by atoms with E-state index in [-0.39, 0.29) is 5.56 Å². The molecular weight excluding hydrogens is 247 g/mol. The maximum atomic E-state index is 13.8. The first-order valence-corrected chi connectivity index (χ1v) is 5.71. The van der Waals surface area contributed by atoms with Crippen molar-refractivity contribution in [3.63, 3.8) is 0 Å². The van der Waals surface area contributed by atoms with Gasteiger partial charge in [-0.25, -0.2) is 9.18 Å². The van der Waals surface area contributed by atoms with E-state index in [1.165, 1.54) is 13.2 Å². The van der Waals surface area contributed by atoms with Gasteiger partial charge in [0, 0.05) is 5.56 Å². The van der Waals surface area contributed by atoms with E-state index in [0.29, 0.717) is 22.4 Å². The highest BCUT2D eigenvalue weighted by Gasteiger charge is 2.15. The van der Waals surface area contributed by atoms with E-state index in [4.69, 9.17) is 9.84 Å². The molecule has 0 aromatic heterocycles. The SMILES string of the molecule is COc1ccccc1-c1cc(C(=O)O)cc(F)c1C. The minimum Gasteiger partial charge on any atom is -0.496 e. The van der Waals surface area contributed by atoms with Crippen molar-refractivity contribution in [2.45, 2.75) is 6.92 Å². The highest BCUT2D eigenvalue weighted by atomic mass is 19.1. The van der Waals surface area contributed by atoms with Gasteiger partial charge in [0.1, 0.15) is 11.6 Å². The molecule has 0 aliphatic heterocycles. The molecule has 0 fully saturated rings. The van der Waals surface area contributed by atoms with Crippen molar-refractivity contribution >= 4 is 5.97 Å². The van der Waals surface area contributed by atoms with Crippen LogP contribution in [0.25, 0.3) is 11.1 Å². The van der Waals surface area contributed by atoms with Gasteiger partial charge in [0.25, 0.3) is 0 Å². The highest BCUT2D eigenvalue weighted by molar-refractivity contribution is 5.90. The number of para-hydroxylation sites is 1. The summed E-state index contributed by atoms with van der Waals surface area (Å²) in [4.78, 5) is 11.0. The molecule has 4 heteroatoms. The van der Waals surface area contributed by atoms with Crippen LogP contribution in [0.5, 0.6) is 5.75 Å². The minimum absolute atomic E-state index is 0.0796. The molecule has 0 amide bonds. The summed E-state index contributed by atoms with van der Waals surface area (Å²) in [5.74, 6) is -1.12. The van der Waals surface area contributed by atoms with Crippen LogP contribution >= 0.6 is 0 Å². The summed E-state index contributed by atoms with van der Waals surface area (Å²) < 4.78 is 19.0. The van der Waals surface area contributed by atoms with Crippen molar-refractivity contribution < 1.29 is 19.0 Å². The summed E-state index contributed by atoms with van der Waals surface area (Å²) in [7, 11) is 1.52. The molecule has 0 aliphatic carbocycles. The first kappa shape index (κ1) is 13.1. The molecule has 1 N–H and O–H groups in total. The van der Waals surface area contributed by atoms with Gasteiger partial charge in [-0.05, 0) is 36.2 Å². The number of halogens is 1. The average Bonchev–Trinajstić information content (AvgIpc) is 2.41. The maximum Gasteiger partial charge on any atom is 0.335 e. The molecule has 0 bridgehead atoms. The zero-order chi connectivity index (χ0) is 14.0. The fraction of sp³-hybridized carbons (Fsp3) is 0.133. The second kappa shape index (κ2) is 5.10. The van der Waals surface area contributed by atoms with E-state index in [0.717, 1.165) is 6.07 Å². The number of methoxy groups -OCH3 is 1. The van der Waals surface area contributed by atoms with E-state index < -0.39 is 11.8 Å². The molecule has 0 heterocycles. The van der Waals surface area contributed by atoms with Gasteiger partial charge in [0.2, 0.25) is 0 Å². The van der Waals surface area contributed by atoms with Gasteiger partial charge in [-0.3, -0.25) is 0 Å². The summed E-state index contributed by atoms with van der Waals surface area (Å²) in [6.45, 7) is 1.61. The van der Waals surface area contributed by atoms with E-state index in [1.807, 2.05) is 0 Å². The van der Waals surface area contributed by atoms with Crippen molar-refractivity contribution in [3.8, 4) is 16.9 Å². The first-order valence-electron chi connectivity index (χ1n) is 5.71. The maximum absolute atomic E-state index is 13.8. The predicted octanol–water partition coefficient (Wildman–Crippen LogP) is 3.51. The van der Waals surface area contributed by atoms with Crippen molar-refractivity contribution in [1.29, 1.82) is 0 Å². The van der Waals surface area contributed by atoms with Gasteiger partial charge >= 0.3 is 5.97 Å². The molecule has 0 aliphatic rings. The van der Waals surface area contributed by atoms with Crippen molar-refractivity contribution in [3.05, 3.63) is 53.3 Å². The van der Waals surface area contributed by atoms with Gasteiger partial charge < -0.3 is 9.84 Å². The summed E-state index contributed by atoms with van der Waals surface area (Å²) in [5, 5.41) is 9.00. The topological polar surface area (TPSA) is 46.5 Å².